The second-order valence-electron chi connectivity index (χ2n) is 7.58. The Morgan fingerprint density at radius 2 is 1.55 bits per heavy atom. The van der Waals surface area contributed by atoms with Crippen LogP contribution in [-0.2, 0) is 10.0 Å². The van der Waals surface area contributed by atoms with Gasteiger partial charge in [-0.25, -0.2) is 17.9 Å². The molecule has 158 valence electrons. The molecule has 0 fully saturated rings. The van der Waals surface area contributed by atoms with Gasteiger partial charge in [-0.15, -0.1) is 0 Å². The van der Waals surface area contributed by atoms with Crippen molar-refractivity contribution in [3.63, 3.8) is 0 Å². The fourth-order valence-corrected chi connectivity index (χ4v) is 4.16. The van der Waals surface area contributed by atoms with Gasteiger partial charge in [-0.05, 0) is 59.7 Å². The summed E-state index contributed by atoms with van der Waals surface area (Å²) in [4.78, 5) is 12.5. The number of anilines is 1. The summed E-state index contributed by atoms with van der Waals surface area (Å²) in [5.74, 6) is 0.140. The predicted molar refractivity (Wildman–Crippen MR) is 116 cm³/mol. The van der Waals surface area contributed by atoms with Crippen LogP contribution in [0.25, 0.3) is 0 Å². The Morgan fingerprint density at radius 3 is 2.03 bits per heavy atom. The first kappa shape index (κ1) is 23.2. The van der Waals surface area contributed by atoms with Crippen LogP contribution in [0.3, 0.4) is 0 Å². The monoisotopic (exact) mass is 438 g/mol. The molecular formula is C21H27ClN2O4S. The van der Waals surface area contributed by atoms with E-state index >= 15 is 0 Å². The van der Waals surface area contributed by atoms with Crippen LogP contribution >= 0.6 is 11.6 Å². The molecule has 0 saturated carbocycles. The lowest BCUT2D eigenvalue weighted by molar-refractivity contribution is 0.199. The van der Waals surface area contributed by atoms with E-state index in [1.54, 1.807) is 18.2 Å². The van der Waals surface area contributed by atoms with E-state index in [0.29, 0.717) is 16.3 Å². The molecule has 1 atom stereocenters. The number of carbonyl (C=O) groups excluding carboxylic acids is 1. The number of carbonyl (C=O) groups is 1. The zero-order valence-corrected chi connectivity index (χ0v) is 18.7. The summed E-state index contributed by atoms with van der Waals surface area (Å²) in [6.45, 7) is 9.41. The van der Waals surface area contributed by atoms with Crippen molar-refractivity contribution in [3.8, 4) is 0 Å². The van der Waals surface area contributed by atoms with Gasteiger partial charge in [0.15, 0.2) is 0 Å². The Balaban J connectivity index is 2.35. The third-order valence-corrected chi connectivity index (χ3v) is 6.07. The number of hydrogen-bond acceptors (Lipinski definition) is 4. The molecule has 2 aromatic rings. The number of urea groups is 1. The Bertz CT molecular complexity index is 972. The van der Waals surface area contributed by atoms with Gasteiger partial charge in [0.1, 0.15) is 0 Å². The van der Waals surface area contributed by atoms with Gasteiger partial charge in [-0.1, -0.05) is 51.4 Å². The molecule has 0 aliphatic rings. The highest BCUT2D eigenvalue weighted by Gasteiger charge is 2.22. The summed E-state index contributed by atoms with van der Waals surface area (Å²) < 4.78 is 27.3. The molecular weight excluding hydrogens is 412 g/mol. The largest absolute Gasteiger partial charge is 0.389 e. The first-order valence-corrected chi connectivity index (χ1v) is 11.2. The zero-order valence-electron chi connectivity index (χ0n) is 17.2. The molecule has 0 radical (unpaired) electrons. The van der Waals surface area contributed by atoms with E-state index in [-0.39, 0.29) is 16.7 Å². The van der Waals surface area contributed by atoms with Crippen molar-refractivity contribution < 1.29 is 18.3 Å². The molecule has 0 aliphatic carbocycles. The number of halogens is 1. The maximum atomic E-state index is 12.6. The summed E-state index contributed by atoms with van der Waals surface area (Å²) in [5.41, 5.74) is 2.65. The molecule has 0 spiro atoms. The van der Waals surface area contributed by atoms with Gasteiger partial charge in [0, 0.05) is 10.7 Å². The molecule has 29 heavy (non-hydrogen) atoms. The minimum absolute atomic E-state index is 0.0702. The normalized spacial score (nSPS) is 12.9. The molecule has 2 rings (SSSR count). The lowest BCUT2D eigenvalue weighted by atomic mass is 9.92. The molecule has 2 amide bonds. The molecule has 8 heteroatoms. The minimum Gasteiger partial charge on any atom is -0.389 e. The van der Waals surface area contributed by atoms with E-state index < -0.39 is 22.2 Å². The van der Waals surface area contributed by atoms with Crippen LogP contribution in [-0.4, -0.2) is 19.6 Å². The number of sulfonamides is 1. The topological polar surface area (TPSA) is 95.5 Å². The summed E-state index contributed by atoms with van der Waals surface area (Å²) >= 11 is 6.23. The van der Waals surface area contributed by atoms with Gasteiger partial charge in [-0.3, -0.25) is 0 Å². The van der Waals surface area contributed by atoms with Crippen LogP contribution in [0.5, 0.6) is 0 Å². The predicted octanol–water partition coefficient (Wildman–Crippen LogP) is 5.15. The maximum absolute atomic E-state index is 12.6. The number of aliphatic hydroxyl groups is 1. The molecule has 0 saturated heterocycles. The average Bonchev–Trinajstić information content (AvgIpc) is 2.62. The maximum Gasteiger partial charge on any atom is 0.333 e. The van der Waals surface area contributed by atoms with Crippen LogP contribution < -0.4 is 10.0 Å². The summed E-state index contributed by atoms with van der Waals surface area (Å²) in [6.07, 6.45) is -0.824. The van der Waals surface area contributed by atoms with Gasteiger partial charge >= 0.3 is 6.03 Å². The number of aliphatic hydroxyl groups excluding tert-OH is 1. The second kappa shape index (κ2) is 9.15. The van der Waals surface area contributed by atoms with Crippen molar-refractivity contribution >= 4 is 33.3 Å². The number of amides is 2. The summed E-state index contributed by atoms with van der Waals surface area (Å²) in [7, 11) is -4.11. The fraction of sp³-hybridized carbons (Fsp3) is 0.381. The quantitative estimate of drug-likeness (QED) is 0.581. The van der Waals surface area contributed by atoms with E-state index in [1.807, 2.05) is 32.4 Å². The summed E-state index contributed by atoms with van der Waals surface area (Å²) in [6, 6.07) is 8.51. The van der Waals surface area contributed by atoms with Crippen LogP contribution in [0.2, 0.25) is 5.02 Å². The van der Waals surface area contributed by atoms with Crippen LogP contribution in [0.15, 0.2) is 41.3 Å². The van der Waals surface area contributed by atoms with E-state index in [2.05, 4.69) is 5.32 Å². The van der Waals surface area contributed by atoms with Gasteiger partial charge in [0.25, 0.3) is 10.0 Å². The second-order valence-corrected chi connectivity index (χ2v) is 9.70. The van der Waals surface area contributed by atoms with Crippen molar-refractivity contribution in [2.24, 2.45) is 0 Å². The SMILES string of the molecule is CC(C)c1cc(Cl)cc(C(C)C)c1NC(=O)NS(=O)(=O)c1cccc(C(C)O)c1. The zero-order chi connectivity index (χ0) is 21.9. The summed E-state index contributed by atoms with van der Waals surface area (Å²) in [5, 5.41) is 12.9. The Labute approximate surface area is 177 Å². The lowest BCUT2D eigenvalue weighted by Crippen LogP contribution is -2.35. The smallest absolute Gasteiger partial charge is 0.333 e. The molecule has 1 unspecified atom stereocenters. The molecule has 0 aromatic heterocycles. The molecule has 0 bridgehead atoms. The average molecular weight is 439 g/mol. The standard InChI is InChI=1S/C21H27ClN2O4S/c1-12(2)18-10-16(22)11-19(13(3)4)20(18)23-21(26)24-29(27,28)17-8-6-7-15(9-17)14(5)25/h6-14,25H,1-5H3,(H2,23,24,26). The fourth-order valence-electron chi connectivity index (χ4n) is 2.97. The van der Waals surface area contributed by atoms with Crippen LogP contribution in [0, 0.1) is 0 Å². The van der Waals surface area contributed by atoms with Crippen molar-refractivity contribution in [2.45, 2.75) is 57.5 Å². The minimum atomic E-state index is -4.11. The van der Waals surface area contributed by atoms with Crippen molar-refractivity contribution in [3.05, 3.63) is 58.1 Å². The van der Waals surface area contributed by atoms with Crippen molar-refractivity contribution in [2.75, 3.05) is 5.32 Å². The van der Waals surface area contributed by atoms with E-state index in [1.165, 1.54) is 25.1 Å². The molecule has 6 nitrogen and oxygen atoms in total. The number of benzene rings is 2. The molecule has 2 aromatic carbocycles. The van der Waals surface area contributed by atoms with E-state index in [0.717, 1.165) is 11.1 Å². The first-order valence-electron chi connectivity index (χ1n) is 9.37. The third kappa shape index (κ3) is 5.72. The first-order chi connectivity index (χ1) is 13.4. The highest BCUT2D eigenvalue weighted by Crippen LogP contribution is 2.35. The highest BCUT2D eigenvalue weighted by molar-refractivity contribution is 7.90. The number of hydrogen-bond donors (Lipinski definition) is 3. The molecule has 0 heterocycles. The number of nitrogens with one attached hydrogen (secondary N) is 2. The van der Waals surface area contributed by atoms with Crippen LogP contribution in [0.1, 0.15) is 69.2 Å². The van der Waals surface area contributed by atoms with Gasteiger partial charge in [0.05, 0.1) is 11.0 Å². The Kier molecular flexibility index (Phi) is 7.32. The number of rotatable bonds is 6. The Morgan fingerprint density at radius 1 is 1.00 bits per heavy atom. The van der Waals surface area contributed by atoms with Gasteiger partial charge < -0.3 is 10.4 Å². The van der Waals surface area contributed by atoms with E-state index in [4.69, 9.17) is 11.6 Å². The Hall–Kier alpha value is -2.09. The highest BCUT2D eigenvalue weighted by atomic mass is 35.5. The van der Waals surface area contributed by atoms with Gasteiger partial charge in [0.2, 0.25) is 0 Å². The van der Waals surface area contributed by atoms with Crippen LogP contribution in [0.4, 0.5) is 10.5 Å². The van der Waals surface area contributed by atoms with Crippen molar-refractivity contribution in [1.82, 2.24) is 4.72 Å². The molecule has 0 aliphatic heterocycles. The van der Waals surface area contributed by atoms with E-state index in [9.17, 15) is 18.3 Å². The molecule has 3 N–H and O–H groups in total. The lowest BCUT2D eigenvalue weighted by Gasteiger charge is -2.21. The van der Waals surface area contributed by atoms with Gasteiger partial charge in [-0.2, -0.15) is 0 Å². The van der Waals surface area contributed by atoms with Crippen molar-refractivity contribution in [1.29, 1.82) is 0 Å². The third-order valence-electron chi connectivity index (χ3n) is 4.52.